The molecule has 1 aromatic heterocycles. The van der Waals surface area contributed by atoms with E-state index in [0.717, 1.165) is 50.0 Å². The van der Waals surface area contributed by atoms with Gasteiger partial charge >= 0.3 is 0 Å². The van der Waals surface area contributed by atoms with Crippen LogP contribution in [0.3, 0.4) is 0 Å². The Labute approximate surface area is 119 Å². The van der Waals surface area contributed by atoms with Crippen molar-refractivity contribution in [3.05, 3.63) is 23.8 Å². The van der Waals surface area contributed by atoms with Crippen LogP contribution in [0.15, 0.2) is 17.1 Å². The maximum Gasteiger partial charge on any atom is 0.191 e. The molecule has 3 rings (SSSR count). The van der Waals surface area contributed by atoms with Crippen LogP contribution in [0.25, 0.3) is 0 Å². The van der Waals surface area contributed by atoms with Gasteiger partial charge in [0.15, 0.2) is 11.8 Å². The van der Waals surface area contributed by atoms with Crippen LogP contribution in [0.4, 0.5) is 0 Å². The minimum absolute atomic E-state index is 0.469. The minimum atomic E-state index is 0.469. The lowest BCUT2D eigenvalue weighted by Crippen LogP contribution is -2.42. The maximum absolute atomic E-state index is 4.64. The number of nitrogens with zero attached hydrogens (tertiary/aromatic N) is 4. The summed E-state index contributed by atoms with van der Waals surface area (Å²) in [6.45, 7) is 4.56. The Balaban J connectivity index is 1.63. The van der Waals surface area contributed by atoms with E-state index < -0.39 is 0 Å². The molecule has 6 heteroatoms. The molecule has 0 unspecified atom stereocenters. The summed E-state index contributed by atoms with van der Waals surface area (Å²) in [6, 6.07) is 0.469. The van der Waals surface area contributed by atoms with Crippen LogP contribution in [0.1, 0.15) is 37.8 Å². The summed E-state index contributed by atoms with van der Waals surface area (Å²) in [7, 11) is 0. The smallest absolute Gasteiger partial charge is 0.191 e. The van der Waals surface area contributed by atoms with E-state index in [1.54, 1.807) is 0 Å². The third kappa shape index (κ3) is 2.84. The zero-order valence-corrected chi connectivity index (χ0v) is 12.0. The highest BCUT2D eigenvalue weighted by Crippen LogP contribution is 2.14. The zero-order chi connectivity index (χ0) is 13.8. The van der Waals surface area contributed by atoms with Crippen LogP contribution in [-0.2, 0) is 19.5 Å². The van der Waals surface area contributed by atoms with Gasteiger partial charge in [-0.2, -0.15) is 0 Å². The summed E-state index contributed by atoms with van der Waals surface area (Å²) in [4.78, 5) is 4.64. The molecule has 0 saturated heterocycles. The molecule has 6 nitrogen and oxygen atoms in total. The predicted octanol–water partition coefficient (Wildman–Crippen LogP) is 0.998. The highest BCUT2D eigenvalue weighted by Gasteiger charge is 2.17. The largest absolute Gasteiger partial charge is 0.357 e. The monoisotopic (exact) mass is 274 g/mol. The average molecular weight is 274 g/mol. The van der Waals surface area contributed by atoms with E-state index >= 15 is 0 Å². The number of fused-ring (bicyclic) bond motifs is 1. The van der Waals surface area contributed by atoms with Crippen molar-refractivity contribution in [1.82, 2.24) is 25.4 Å². The molecular formula is C14H22N6. The molecule has 2 N–H and O–H groups in total. The Morgan fingerprint density at radius 3 is 3.05 bits per heavy atom. The van der Waals surface area contributed by atoms with Crippen molar-refractivity contribution in [3.8, 4) is 0 Å². The molecule has 0 aromatic carbocycles. The number of guanidine groups is 1. The molecule has 20 heavy (non-hydrogen) atoms. The van der Waals surface area contributed by atoms with Gasteiger partial charge in [0, 0.05) is 25.6 Å². The number of nitrogens with one attached hydrogen (secondary N) is 2. The molecule has 2 aliphatic rings. The van der Waals surface area contributed by atoms with Crippen molar-refractivity contribution < 1.29 is 0 Å². The Hall–Kier alpha value is -1.85. The standard InChI is InChI=1S/C14H22N6/c1-2-15-14(17-11-6-3-4-7-11)16-10-13-19-18-12-8-5-9-20(12)13/h3-4,11H,2,5-10H2,1H3,(H2,15,16,17). The van der Waals surface area contributed by atoms with Gasteiger partial charge in [-0.25, -0.2) is 4.99 Å². The zero-order valence-electron chi connectivity index (χ0n) is 12.0. The van der Waals surface area contributed by atoms with E-state index in [1.165, 1.54) is 6.42 Å². The molecule has 108 valence electrons. The van der Waals surface area contributed by atoms with Gasteiger partial charge in [0.05, 0.1) is 0 Å². The minimum Gasteiger partial charge on any atom is -0.357 e. The summed E-state index contributed by atoms with van der Waals surface area (Å²) >= 11 is 0. The van der Waals surface area contributed by atoms with Crippen molar-refractivity contribution in [2.24, 2.45) is 4.99 Å². The number of hydrogen-bond donors (Lipinski definition) is 2. The van der Waals surface area contributed by atoms with Gasteiger partial charge in [0.1, 0.15) is 12.4 Å². The summed E-state index contributed by atoms with van der Waals surface area (Å²) in [5.74, 6) is 2.95. The summed E-state index contributed by atoms with van der Waals surface area (Å²) in [5, 5.41) is 15.2. The highest BCUT2D eigenvalue weighted by atomic mass is 15.3. The van der Waals surface area contributed by atoms with E-state index in [-0.39, 0.29) is 0 Å². The van der Waals surface area contributed by atoms with Crippen molar-refractivity contribution in [3.63, 3.8) is 0 Å². The third-order valence-corrected chi connectivity index (χ3v) is 3.76. The molecule has 0 radical (unpaired) electrons. The number of aromatic nitrogens is 3. The molecule has 0 amide bonds. The topological polar surface area (TPSA) is 67.1 Å². The Bertz CT molecular complexity index is 508. The van der Waals surface area contributed by atoms with Gasteiger partial charge in [-0.3, -0.25) is 0 Å². The Kier molecular flexibility index (Phi) is 3.99. The second-order valence-corrected chi connectivity index (χ2v) is 5.27. The van der Waals surface area contributed by atoms with Gasteiger partial charge in [-0.15, -0.1) is 10.2 Å². The molecule has 0 bridgehead atoms. The number of aryl methyl sites for hydroxylation is 1. The molecule has 0 atom stereocenters. The Morgan fingerprint density at radius 1 is 1.40 bits per heavy atom. The van der Waals surface area contributed by atoms with Crippen LogP contribution in [-0.4, -0.2) is 33.3 Å². The lowest BCUT2D eigenvalue weighted by atomic mass is 10.2. The van der Waals surface area contributed by atoms with Gasteiger partial charge in [-0.1, -0.05) is 12.2 Å². The molecule has 0 fully saturated rings. The first-order valence-corrected chi connectivity index (χ1v) is 7.47. The lowest BCUT2D eigenvalue weighted by molar-refractivity contribution is 0.629. The fourth-order valence-corrected chi connectivity index (χ4v) is 2.73. The summed E-state index contributed by atoms with van der Waals surface area (Å²) in [6.07, 6.45) is 8.80. The molecule has 2 heterocycles. The lowest BCUT2D eigenvalue weighted by Gasteiger charge is -2.16. The first kappa shape index (κ1) is 13.1. The van der Waals surface area contributed by atoms with Crippen LogP contribution >= 0.6 is 0 Å². The molecular weight excluding hydrogens is 252 g/mol. The molecule has 0 spiro atoms. The van der Waals surface area contributed by atoms with Crippen molar-refractivity contribution >= 4 is 5.96 Å². The quantitative estimate of drug-likeness (QED) is 0.488. The normalized spacial score (nSPS) is 18.6. The van der Waals surface area contributed by atoms with E-state index in [9.17, 15) is 0 Å². The van der Waals surface area contributed by atoms with Gasteiger partial charge in [0.2, 0.25) is 0 Å². The van der Waals surface area contributed by atoms with Crippen LogP contribution in [0.2, 0.25) is 0 Å². The average Bonchev–Trinajstić information content (AvgIpc) is 3.14. The Morgan fingerprint density at radius 2 is 2.25 bits per heavy atom. The van der Waals surface area contributed by atoms with Gasteiger partial charge in [0.25, 0.3) is 0 Å². The first-order valence-electron chi connectivity index (χ1n) is 7.47. The molecule has 1 aliphatic carbocycles. The van der Waals surface area contributed by atoms with Crippen LogP contribution in [0, 0.1) is 0 Å². The van der Waals surface area contributed by atoms with Crippen molar-refractivity contribution in [1.29, 1.82) is 0 Å². The molecule has 0 saturated carbocycles. The number of hydrogen-bond acceptors (Lipinski definition) is 3. The van der Waals surface area contributed by atoms with E-state index in [0.29, 0.717) is 12.6 Å². The van der Waals surface area contributed by atoms with Crippen LogP contribution in [0.5, 0.6) is 0 Å². The van der Waals surface area contributed by atoms with Crippen molar-refractivity contribution in [2.75, 3.05) is 6.54 Å². The van der Waals surface area contributed by atoms with Gasteiger partial charge in [-0.05, 0) is 26.2 Å². The van der Waals surface area contributed by atoms with Crippen LogP contribution < -0.4 is 10.6 Å². The number of aliphatic imine (C=N–C) groups is 1. The maximum atomic E-state index is 4.64. The number of rotatable bonds is 4. The van der Waals surface area contributed by atoms with Crippen molar-refractivity contribution in [2.45, 2.75) is 51.7 Å². The highest BCUT2D eigenvalue weighted by molar-refractivity contribution is 5.80. The first-order chi connectivity index (χ1) is 9.86. The second-order valence-electron chi connectivity index (χ2n) is 5.27. The summed E-state index contributed by atoms with van der Waals surface area (Å²) in [5.41, 5.74) is 0. The van der Waals surface area contributed by atoms with Gasteiger partial charge < -0.3 is 15.2 Å². The molecule has 1 aromatic rings. The second kappa shape index (κ2) is 6.07. The van der Waals surface area contributed by atoms with E-state index in [4.69, 9.17) is 0 Å². The predicted molar refractivity (Wildman–Crippen MR) is 78.5 cm³/mol. The summed E-state index contributed by atoms with van der Waals surface area (Å²) < 4.78 is 2.20. The fraction of sp³-hybridized carbons (Fsp3) is 0.643. The fourth-order valence-electron chi connectivity index (χ4n) is 2.73. The van der Waals surface area contributed by atoms with E-state index in [2.05, 4.69) is 49.5 Å². The van der Waals surface area contributed by atoms with E-state index in [1.807, 2.05) is 0 Å². The molecule has 1 aliphatic heterocycles. The SMILES string of the molecule is CCNC(=NCc1nnc2n1CCC2)NC1CC=CC1. The third-order valence-electron chi connectivity index (χ3n) is 3.76.